The quantitative estimate of drug-likeness (QED) is 0.483. The van der Waals surface area contributed by atoms with E-state index in [1.807, 2.05) is 36.4 Å². The van der Waals surface area contributed by atoms with E-state index in [1.54, 1.807) is 30.9 Å². The van der Waals surface area contributed by atoms with Gasteiger partial charge in [0.05, 0.1) is 18.7 Å². The SMILES string of the molecule is CCOC(=O)C1=C(C)N(Cc2cccc(C(=O)NC3CCCCC3)c2)C(=O)CC1c1ccccc1Cl. The standard InChI is InChI=1S/C29H33ClN2O4/c1-3-36-29(35)27-19(2)32(26(33)17-24(27)23-14-7-8-15-25(23)30)18-20-10-9-11-21(16-20)28(34)31-22-12-5-4-6-13-22/h7-11,14-16,22,24H,3-6,12-13,17-18H2,1-2H3,(H,31,34). The Morgan fingerprint density at radius 3 is 2.56 bits per heavy atom. The highest BCUT2D eigenvalue weighted by Crippen LogP contribution is 2.40. The summed E-state index contributed by atoms with van der Waals surface area (Å²) in [5, 5.41) is 3.66. The van der Waals surface area contributed by atoms with Gasteiger partial charge in [0.1, 0.15) is 0 Å². The number of carbonyl (C=O) groups excluding carboxylic acids is 3. The van der Waals surface area contributed by atoms with Gasteiger partial charge >= 0.3 is 5.97 Å². The molecular formula is C29H33ClN2O4. The van der Waals surface area contributed by atoms with Crippen molar-refractivity contribution >= 4 is 29.4 Å². The number of hydrogen-bond donors (Lipinski definition) is 1. The first-order chi connectivity index (χ1) is 17.4. The van der Waals surface area contributed by atoms with Gasteiger partial charge in [-0.15, -0.1) is 0 Å². The van der Waals surface area contributed by atoms with Crippen molar-refractivity contribution in [2.24, 2.45) is 0 Å². The van der Waals surface area contributed by atoms with Crippen LogP contribution in [-0.4, -0.2) is 35.3 Å². The van der Waals surface area contributed by atoms with Gasteiger partial charge in [0.2, 0.25) is 5.91 Å². The number of esters is 1. The molecule has 7 heteroatoms. The van der Waals surface area contributed by atoms with Crippen LogP contribution in [0.3, 0.4) is 0 Å². The maximum Gasteiger partial charge on any atom is 0.336 e. The van der Waals surface area contributed by atoms with E-state index in [0.717, 1.165) is 36.8 Å². The van der Waals surface area contributed by atoms with Crippen molar-refractivity contribution in [2.75, 3.05) is 6.61 Å². The normalized spacial score (nSPS) is 18.8. The summed E-state index contributed by atoms with van der Waals surface area (Å²) in [6, 6.07) is 14.8. The molecule has 6 nitrogen and oxygen atoms in total. The average Bonchev–Trinajstić information content (AvgIpc) is 2.87. The van der Waals surface area contributed by atoms with Crippen LogP contribution in [0, 0.1) is 0 Å². The molecular weight excluding hydrogens is 476 g/mol. The number of carbonyl (C=O) groups is 3. The van der Waals surface area contributed by atoms with Gasteiger partial charge in [-0.1, -0.05) is 61.2 Å². The number of nitrogens with one attached hydrogen (secondary N) is 1. The van der Waals surface area contributed by atoms with Gasteiger partial charge in [0.15, 0.2) is 0 Å². The molecule has 2 aromatic rings. The summed E-state index contributed by atoms with van der Waals surface area (Å²) in [6.07, 6.45) is 5.65. The molecule has 1 atom stereocenters. The van der Waals surface area contributed by atoms with Crippen LogP contribution in [0.15, 0.2) is 59.8 Å². The van der Waals surface area contributed by atoms with Crippen molar-refractivity contribution in [1.29, 1.82) is 0 Å². The average molecular weight is 509 g/mol. The molecule has 1 unspecified atom stereocenters. The van der Waals surface area contributed by atoms with Crippen LogP contribution in [0.4, 0.5) is 0 Å². The highest BCUT2D eigenvalue weighted by molar-refractivity contribution is 6.31. The lowest BCUT2D eigenvalue weighted by Gasteiger charge is -2.35. The van der Waals surface area contributed by atoms with E-state index in [2.05, 4.69) is 5.32 Å². The van der Waals surface area contributed by atoms with E-state index in [0.29, 0.717) is 21.9 Å². The third-order valence-corrected chi connectivity index (χ3v) is 7.41. The molecule has 0 radical (unpaired) electrons. The molecule has 190 valence electrons. The number of halogens is 1. The van der Waals surface area contributed by atoms with Crippen molar-refractivity contribution in [1.82, 2.24) is 10.2 Å². The largest absolute Gasteiger partial charge is 0.463 e. The van der Waals surface area contributed by atoms with Gasteiger partial charge in [0.25, 0.3) is 5.91 Å². The smallest absolute Gasteiger partial charge is 0.336 e. The fraction of sp³-hybridized carbons (Fsp3) is 0.414. The Balaban J connectivity index is 1.60. The molecule has 2 aliphatic rings. The van der Waals surface area contributed by atoms with Crippen molar-refractivity contribution in [3.63, 3.8) is 0 Å². The van der Waals surface area contributed by atoms with E-state index >= 15 is 0 Å². The van der Waals surface area contributed by atoms with E-state index in [1.165, 1.54) is 6.42 Å². The van der Waals surface area contributed by atoms with Gasteiger partial charge in [-0.2, -0.15) is 0 Å². The van der Waals surface area contributed by atoms with Gasteiger partial charge in [-0.3, -0.25) is 9.59 Å². The van der Waals surface area contributed by atoms with Crippen LogP contribution in [0.5, 0.6) is 0 Å². The van der Waals surface area contributed by atoms with Crippen molar-refractivity contribution in [2.45, 2.75) is 70.9 Å². The van der Waals surface area contributed by atoms with Crippen LogP contribution in [0.2, 0.25) is 5.02 Å². The minimum absolute atomic E-state index is 0.0908. The minimum Gasteiger partial charge on any atom is -0.463 e. The Bertz CT molecular complexity index is 1170. The topological polar surface area (TPSA) is 75.7 Å². The van der Waals surface area contributed by atoms with Crippen LogP contribution < -0.4 is 5.32 Å². The Morgan fingerprint density at radius 1 is 1.08 bits per heavy atom. The summed E-state index contributed by atoms with van der Waals surface area (Å²) in [6.45, 7) is 4.02. The molecule has 0 bridgehead atoms. The lowest BCUT2D eigenvalue weighted by atomic mass is 9.83. The molecule has 0 saturated heterocycles. The number of ether oxygens (including phenoxy) is 1. The van der Waals surface area contributed by atoms with Gasteiger partial charge in [-0.05, 0) is 56.0 Å². The third kappa shape index (κ3) is 5.81. The minimum atomic E-state index is -0.478. The Morgan fingerprint density at radius 2 is 1.83 bits per heavy atom. The first-order valence-corrected chi connectivity index (χ1v) is 13.1. The second kappa shape index (κ2) is 11.7. The van der Waals surface area contributed by atoms with Crippen molar-refractivity contribution in [3.8, 4) is 0 Å². The predicted octanol–water partition coefficient (Wildman–Crippen LogP) is 5.76. The van der Waals surface area contributed by atoms with Crippen LogP contribution >= 0.6 is 11.6 Å². The molecule has 1 fully saturated rings. The van der Waals surface area contributed by atoms with Gasteiger partial charge < -0.3 is 15.0 Å². The maximum absolute atomic E-state index is 13.3. The Labute approximate surface area is 217 Å². The molecule has 1 saturated carbocycles. The van der Waals surface area contributed by atoms with Crippen LogP contribution in [0.25, 0.3) is 0 Å². The second-order valence-electron chi connectivity index (χ2n) is 9.49. The lowest BCUT2D eigenvalue weighted by Crippen LogP contribution is -2.38. The molecule has 4 rings (SSSR count). The zero-order valence-electron chi connectivity index (χ0n) is 20.9. The first-order valence-electron chi connectivity index (χ1n) is 12.7. The number of benzene rings is 2. The van der Waals surface area contributed by atoms with Crippen LogP contribution in [0.1, 0.15) is 79.8 Å². The van der Waals surface area contributed by atoms with Gasteiger partial charge in [-0.25, -0.2) is 4.79 Å². The molecule has 0 aromatic heterocycles. The summed E-state index contributed by atoms with van der Waals surface area (Å²) < 4.78 is 5.37. The Hall–Kier alpha value is -3.12. The summed E-state index contributed by atoms with van der Waals surface area (Å²) in [5.74, 6) is -1.12. The highest BCUT2D eigenvalue weighted by atomic mass is 35.5. The predicted molar refractivity (Wildman–Crippen MR) is 139 cm³/mol. The number of rotatable bonds is 7. The fourth-order valence-electron chi connectivity index (χ4n) is 5.21. The molecule has 1 aliphatic carbocycles. The number of allylic oxidation sites excluding steroid dienone is 1. The zero-order valence-corrected chi connectivity index (χ0v) is 21.6. The number of nitrogens with zero attached hydrogens (tertiary/aromatic N) is 1. The monoisotopic (exact) mass is 508 g/mol. The highest BCUT2D eigenvalue weighted by Gasteiger charge is 2.37. The summed E-state index contributed by atoms with van der Waals surface area (Å²) in [7, 11) is 0. The molecule has 1 N–H and O–H groups in total. The Kier molecular flexibility index (Phi) is 8.47. The second-order valence-corrected chi connectivity index (χ2v) is 9.89. The molecule has 36 heavy (non-hydrogen) atoms. The van der Waals surface area contributed by atoms with E-state index < -0.39 is 11.9 Å². The zero-order chi connectivity index (χ0) is 25.7. The van der Waals surface area contributed by atoms with Crippen molar-refractivity contribution in [3.05, 3.63) is 81.5 Å². The lowest BCUT2D eigenvalue weighted by molar-refractivity contribution is -0.140. The summed E-state index contributed by atoms with van der Waals surface area (Å²) >= 11 is 6.45. The number of amides is 2. The first kappa shape index (κ1) is 26.0. The molecule has 0 spiro atoms. The van der Waals surface area contributed by atoms with E-state index in [9.17, 15) is 14.4 Å². The third-order valence-electron chi connectivity index (χ3n) is 7.07. The molecule has 1 aliphatic heterocycles. The summed E-state index contributed by atoms with van der Waals surface area (Å²) in [5.41, 5.74) is 3.11. The van der Waals surface area contributed by atoms with Crippen molar-refractivity contribution < 1.29 is 19.1 Å². The van der Waals surface area contributed by atoms with Gasteiger partial charge in [0, 0.05) is 34.7 Å². The fourth-order valence-corrected chi connectivity index (χ4v) is 5.48. The summed E-state index contributed by atoms with van der Waals surface area (Å²) in [4.78, 5) is 40.8. The molecule has 2 aromatic carbocycles. The maximum atomic E-state index is 13.3. The number of hydrogen-bond acceptors (Lipinski definition) is 4. The van der Waals surface area contributed by atoms with E-state index in [-0.39, 0.29) is 37.4 Å². The van der Waals surface area contributed by atoms with E-state index in [4.69, 9.17) is 16.3 Å². The molecule has 2 amide bonds. The molecule has 1 heterocycles. The van der Waals surface area contributed by atoms with Crippen LogP contribution in [-0.2, 0) is 20.9 Å².